The second-order valence-corrected chi connectivity index (χ2v) is 8.35. The molecule has 2 aromatic carbocycles. The van der Waals surface area contributed by atoms with Gasteiger partial charge in [-0.15, -0.1) is 0 Å². The number of halogens is 4. The summed E-state index contributed by atoms with van der Waals surface area (Å²) in [5.41, 5.74) is -0.884. The summed E-state index contributed by atoms with van der Waals surface area (Å²) < 4.78 is 44.9. The van der Waals surface area contributed by atoms with Crippen molar-refractivity contribution >= 4 is 40.9 Å². The van der Waals surface area contributed by atoms with E-state index in [2.05, 4.69) is 0 Å². The number of hydrogen-bond donors (Lipinski definition) is 0. The Labute approximate surface area is 185 Å². The van der Waals surface area contributed by atoms with Crippen LogP contribution in [0.15, 0.2) is 64.0 Å². The van der Waals surface area contributed by atoms with E-state index in [9.17, 15) is 22.8 Å². The lowest BCUT2D eigenvalue weighted by molar-refractivity contribution is -0.137. The fraction of sp³-hybridized carbons (Fsp3) is 0.238. The van der Waals surface area contributed by atoms with Crippen molar-refractivity contribution in [2.24, 2.45) is 0 Å². The molecule has 2 aliphatic rings. The Bertz CT molecular complexity index is 1050. The number of carbonyl (C=O) groups is 2. The number of morpholine rings is 1. The molecule has 0 saturated carbocycles. The van der Waals surface area contributed by atoms with E-state index >= 15 is 0 Å². The normalized spacial score (nSPS) is 17.7. The molecule has 10 heteroatoms. The standard InChI is InChI=1S/C21H16ClF3N2O3S/c22-14-4-6-16(7-5-14)31-18-17(26-8-10-30-11-9-26)19(28)27(20(18)29)15-3-1-2-13(12-15)21(23,24)25/h1-7,12H,8-11H2. The predicted octanol–water partition coefficient (Wildman–Crippen LogP) is 4.57. The summed E-state index contributed by atoms with van der Waals surface area (Å²) in [5.74, 6) is -1.31. The Kier molecular flexibility index (Phi) is 6.00. The third-order valence-electron chi connectivity index (χ3n) is 4.81. The van der Waals surface area contributed by atoms with Crippen molar-refractivity contribution in [3.05, 3.63) is 69.7 Å². The number of benzene rings is 2. The smallest absolute Gasteiger partial charge is 0.378 e. The van der Waals surface area contributed by atoms with E-state index in [0.29, 0.717) is 36.2 Å². The van der Waals surface area contributed by atoms with Crippen molar-refractivity contribution in [2.75, 3.05) is 31.2 Å². The molecule has 0 spiro atoms. The van der Waals surface area contributed by atoms with Crippen LogP contribution >= 0.6 is 23.4 Å². The molecule has 0 aromatic heterocycles. The zero-order valence-corrected chi connectivity index (χ0v) is 17.6. The van der Waals surface area contributed by atoms with Crippen LogP contribution in [0.3, 0.4) is 0 Å². The molecule has 2 heterocycles. The molecule has 0 N–H and O–H groups in total. The number of anilines is 1. The van der Waals surface area contributed by atoms with Crippen molar-refractivity contribution in [3.8, 4) is 0 Å². The van der Waals surface area contributed by atoms with Gasteiger partial charge in [-0.05, 0) is 42.5 Å². The monoisotopic (exact) mass is 468 g/mol. The second kappa shape index (κ2) is 8.57. The van der Waals surface area contributed by atoms with E-state index in [1.54, 1.807) is 29.2 Å². The summed E-state index contributed by atoms with van der Waals surface area (Å²) in [6, 6.07) is 10.9. The van der Waals surface area contributed by atoms with E-state index in [1.807, 2.05) is 0 Å². The molecule has 0 atom stereocenters. The topological polar surface area (TPSA) is 49.9 Å². The Balaban J connectivity index is 1.74. The van der Waals surface area contributed by atoms with Crippen LogP contribution in [0.1, 0.15) is 5.56 Å². The van der Waals surface area contributed by atoms with Crippen LogP contribution in [-0.4, -0.2) is 43.0 Å². The van der Waals surface area contributed by atoms with Gasteiger partial charge in [-0.3, -0.25) is 9.59 Å². The van der Waals surface area contributed by atoms with E-state index < -0.39 is 23.6 Å². The van der Waals surface area contributed by atoms with Gasteiger partial charge < -0.3 is 9.64 Å². The first-order valence-electron chi connectivity index (χ1n) is 9.32. The quantitative estimate of drug-likeness (QED) is 0.615. The van der Waals surface area contributed by atoms with Gasteiger partial charge in [0.05, 0.1) is 24.5 Å². The fourth-order valence-corrected chi connectivity index (χ4v) is 4.46. The SMILES string of the molecule is O=C1C(Sc2ccc(Cl)cc2)=C(N2CCOCC2)C(=O)N1c1cccc(C(F)(F)F)c1. The third kappa shape index (κ3) is 4.44. The van der Waals surface area contributed by atoms with Gasteiger partial charge in [0, 0.05) is 23.0 Å². The molecule has 0 unspecified atom stereocenters. The highest BCUT2D eigenvalue weighted by Gasteiger charge is 2.43. The van der Waals surface area contributed by atoms with Crippen LogP contribution in [-0.2, 0) is 20.5 Å². The maximum absolute atomic E-state index is 13.3. The first-order valence-corrected chi connectivity index (χ1v) is 10.5. The van der Waals surface area contributed by atoms with Crippen LogP contribution < -0.4 is 4.90 Å². The average molecular weight is 469 g/mol. The molecule has 2 amide bonds. The Morgan fingerprint density at radius 1 is 0.968 bits per heavy atom. The van der Waals surface area contributed by atoms with E-state index in [-0.39, 0.29) is 16.3 Å². The molecule has 5 nitrogen and oxygen atoms in total. The summed E-state index contributed by atoms with van der Waals surface area (Å²) in [6.07, 6.45) is -4.59. The molecule has 0 radical (unpaired) electrons. The lowest BCUT2D eigenvalue weighted by Gasteiger charge is -2.29. The van der Waals surface area contributed by atoms with Gasteiger partial charge in [0.2, 0.25) is 0 Å². The van der Waals surface area contributed by atoms with Gasteiger partial charge >= 0.3 is 6.18 Å². The van der Waals surface area contributed by atoms with E-state index in [4.69, 9.17) is 16.3 Å². The maximum atomic E-state index is 13.3. The van der Waals surface area contributed by atoms with E-state index in [0.717, 1.165) is 28.8 Å². The first-order chi connectivity index (χ1) is 14.8. The van der Waals surface area contributed by atoms with Crippen molar-refractivity contribution in [3.63, 3.8) is 0 Å². The molecule has 4 rings (SSSR count). The highest BCUT2D eigenvalue weighted by molar-refractivity contribution is 8.04. The number of thioether (sulfide) groups is 1. The molecule has 2 aromatic rings. The molecule has 162 valence electrons. The molecule has 2 aliphatic heterocycles. The summed E-state index contributed by atoms with van der Waals surface area (Å²) >= 11 is 7.01. The molecule has 0 aliphatic carbocycles. The molecule has 0 bridgehead atoms. The van der Waals surface area contributed by atoms with Gasteiger partial charge in [-0.2, -0.15) is 13.2 Å². The zero-order chi connectivity index (χ0) is 22.2. The van der Waals surface area contributed by atoms with Crippen LogP contribution in [0, 0.1) is 0 Å². The third-order valence-corrected chi connectivity index (χ3v) is 6.14. The van der Waals surface area contributed by atoms with E-state index in [1.165, 1.54) is 12.1 Å². The Morgan fingerprint density at radius 2 is 1.65 bits per heavy atom. The number of ether oxygens (including phenoxy) is 1. The lowest BCUT2D eigenvalue weighted by Crippen LogP contribution is -2.40. The zero-order valence-electron chi connectivity index (χ0n) is 16.0. The minimum absolute atomic E-state index is 0.123. The second-order valence-electron chi connectivity index (χ2n) is 6.83. The van der Waals surface area contributed by atoms with Crippen LogP contribution in [0.25, 0.3) is 0 Å². The molecular weight excluding hydrogens is 453 g/mol. The highest BCUT2D eigenvalue weighted by atomic mass is 35.5. The first kappa shape index (κ1) is 21.7. The molecular formula is C21H16ClF3N2O3S. The van der Waals surface area contributed by atoms with Crippen LogP contribution in [0.2, 0.25) is 5.02 Å². The van der Waals surface area contributed by atoms with Crippen molar-refractivity contribution in [1.82, 2.24) is 4.90 Å². The molecule has 1 saturated heterocycles. The lowest BCUT2D eigenvalue weighted by atomic mass is 10.2. The van der Waals surface area contributed by atoms with Crippen molar-refractivity contribution in [1.29, 1.82) is 0 Å². The molecule has 31 heavy (non-hydrogen) atoms. The van der Waals surface area contributed by atoms with Crippen molar-refractivity contribution < 1.29 is 27.5 Å². The number of hydrogen-bond acceptors (Lipinski definition) is 5. The number of alkyl halides is 3. The highest BCUT2D eigenvalue weighted by Crippen LogP contribution is 2.40. The van der Waals surface area contributed by atoms with Gasteiger partial charge in [0.15, 0.2) is 0 Å². The molecule has 1 fully saturated rings. The average Bonchev–Trinajstić information content (AvgIpc) is 2.99. The Hall–Kier alpha value is -2.49. The number of amides is 2. The summed E-state index contributed by atoms with van der Waals surface area (Å²) in [4.78, 5) is 29.9. The van der Waals surface area contributed by atoms with Gasteiger partial charge in [-0.1, -0.05) is 29.4 Å². The minimum Gasteiger partial charge on any atom is -0.378 e. The van der Waals surface area contributed by atoms with Crippen molar-refractivity contribution in [2.45, 2.75) is 11.1 Å². The van der Waals surface area contributed by atoms with Crippen LogP contribution in [0.5, 0.6) is 0 Å². The fourth-order valence-electron chi connectivity index (χ4n) is 3.33. The Morgan fingerprint density at radius 3 is 2.29 bits per heavy atom. The number of rotatable bonds is 4. The number of imide groups is 1. The predicted molar refractivity (Wildman–Crippen MR) is 111 cm³/mol. The van der Waals surface area contributed by atoms with Gasteiger partial charge in [0.25, 0.3) is 11.8 Å². The van der Waals surface area contributed by atoms with Gasteiger partial charge in [-0.25, -0.2) is 4.90 Å². The largest absolute Gasteiger partial charge is 0.416 e. The summed E-state index contributed by atoms with van der Waals surface area (Å²) in [6.45, 7) is 1.56. The summed E-state index contributed by atoms with van der Waals surface area (Å²) in [7, 11) is 0. The van der Waals surface area contributed by atoms with Crippen LogP contribution in [0.4, 0.5) is 18.9 Å². The maximum Gasteiger partial charge on any atom is 0.416 e. The number of nitrogens with zero attached hydrogens (tertiary/aromatic N) is 2. The van der Waals surface area contributed by atoms with Gasteiger partial charge in [0.1, 0.15) is 10.6 Å². The number of carbonyl (C=O) groups excluding carboxylic acids is 2. The summed E-state index contributed by atoms with van der Waals surface area (Å²) in [5, 5.41) is 0.520. The minimum atomic E-state index is -4.59.